The highest BCUT2D eigenvalue weighted by Crippen LogP contribution is 2.38. The zero-order valence-electron chi connectivity index (χ0n) is 11.5. The molecule has 1 heterocycles. The number of nitrogens with zero attached hydrogens (tertiary/aromatic N) is 1. The molecule has 112 valence electrons. The number of hydrogen-bond acceptors (Lipinski definition) is 1. The Bertz CT molecular complexity index is 459. The summed E-state index contributed by atoms with van der Waals surface area (Å²) in [5.74, 6) is 0.594. The lowest BCUT2D eigenvalue weighted by atomic mass is 10.0. The van der Waals surface area contributed by atoms with Gasteiger partial charge >= 0.3 is 6.18 Å². The topological polar surface area (TPSA) is 3.24 Å². The molecule has 5 heteroatoms. The van der Waals surface area contributed by atoms with Gasteiger partial charge in [-0.3, -0.25) is 0 Å². The van der Waals surface area contributed by atoms with E-state index in [0.29, 0.717) is 35.6 Å². The first-order valence-electron chi connectivity index (χ1n) is 6.93. The summed E-state index contributed by atoms with van der Waals surface area (Å²) < 4.78 is 39.8. The smallest absolute Gasteiger partial charge is 0.371 e. The summed E-state index contributed by atoms with van der Waals surface area (Å²) in [4.78, 5) is 1.89. The maximum absolute atomic E-state index is 13.3. The zero-order chi connectivity index (χ0) is 14.8. The number of anilines is 1. The number of benzene rings is 1. The molecule has 1 aliphatic rings. The molecule has 1 fully saturated rings. The van der Waals surface area contributed by atoms with Crippen LogP contribution in [0.15, 0.2) is 18.2 Å². The molecule has 0 bridgehead atoms. The van der Waals surface area contributed by atoms with Gasteiger partial charge in [-0.05, 0) is 42.9 Å². The molecule has 0 aromatic heterocycles. The van der Waals surface area contributed by atoms with Crippen molar-refractivity contribution in [1.29, 1.82) is 0 Å². The summed E-state index contributed by atoms with van der Waals surface area (Å²) in [7, 11) is 0. The predicted octanol–water partition coefficient (Wildman–Crippen LogP) is 5.23. The SMILES string of the molecule is CC1CCCN(c2ccc(CBr)cc2C(F)(F)F)CC1. The monoisotopic (exact) mass is 349 g/mol. The van der Waals surface area contributed by atoms with E-state index in [1.165, 1.54) is 6.07 Å². The van der Waals surface area contributed by atoms with Gasteiger partial charge in [0.2, 0.25) is 0 Å². The van der Waals surface area contributed by atoms with Crippen molar-refractivity contribution in [2.75, 3.05) is 18.0 Å². The number of alkyl halides is 4. The Morgan fingerprint density at radius 1 is 1.25 bits per heavy atom. The summed E-state index contributed by atoms with van der Waals surface area (Å²) in [5.41, 5.74) is 0.476. The van der Waals surface area contributed by atoms with Crippen LogP contribution in [0.1, 0.15) is 37.3 Å². The second-order valence-corrected chi connectivity index (χ2v) is 6.07. The van der Waals surface area contributed by atoms with Gasteiger partial charge in [0.25, 0.3) is 0 Å². The highest BCUT2D eigenvalue weighted by molar-refractivity contribution is 9.08. The van der Waals surface area contributed by atoms with E-state index in [0.717, 1.165) is 19.3 Å². The van der Waals surface area contributed by atoms with Crippen molar-refractivity contribution in [3.8, 4) is 0 Å². The van der Waals surface area contributed by atoms with Crippen molar-refractivity contribution in [3.63, 3.8) is 0 Å². The molecule has 0 radical (unpaired) electrons. The maximum atomic E-state index is 13.3. The van der Waals surface area contributed by atoms with Gasteiger partial charge in [0.05, 0.1) is 5.56 Å². The van der Waals surface area contributed by atoms with Crippen molar-refractivity contribution < 1.29 is 13.2 Å². The van der Waals surface area contributed by atoms with E-state index in [9.17, 15) is 13.2 Å². The van der Waals surface area contributed by atoms with Crippen molar-refractivity contribution >= 4 is 21.6 Å². The molecule has 0 saturated carbocycles. The third-order valence-electron chi connectivity index (χ3n) is 3.88. The van der Waals surface area contributed by atoms with E-state index >= 15 is 0 Å². The fraction of sp³-hybridized carbons (Fsp3) is 0.600. The minimum Gasteiger partial charge on any atom is -0.371 e. The molecule has 1 saturated heterocycles. The second kappa shape index (κ2) is 6.37. The summed E-state index contributed by atoms with van der Waals surface area (Å²) >= 11 is 3.22. The van der Waals surface area contributed by atoms with Gasteiger partial charge in [-0.1, -0.05) is 28.9 Å². The lowest BCUT2D eigenvalue weighted by Gasteiger charge is -2.26. The highest BCUT2D eigenvalue weighted by Gasteiger charge is 2.35. The molecule has 20 heavy (non-hydrogen) atoms. The van der Waals surface area contributed by atoms with Crippen molar-refractivity contribution in [3.05, 3.63) is 29.3 Å². The first-order chi connectivity index (χ1) is 9.41. The normalized spacial score (nSPS) is 20.9. The maximum Gasteiger partial charge on any atom is 0.418 e. The summed E-state index contributed by atoms with van der Waals surface area (Å²) in [6, 6.07) is 4.65. The van der Waals surface area contributed by atoms with Crippen LogP contribution in [0.5, 0.6) is 0 Å². The molecule has 1 aliphatic heterocycles. The molecule has 1 aromatic rings. The van der Waals surface area contributed by atoms with E-state index < -0.39 is 11.7 Å². The van der Waals surface area contributed by atoms with Gasteiger partial charge in [0.15, 0.2) is 0 Å². The summed E-state index contributed by atoms with van der Waals surface area (Å²) in [5, 5.41) is 0.438. The van der Waals surface area contributed by atoms with Crippen LogP contribution < -0.4 is 4.90 Å². The Hall–Kier alpha value is -0.710. The minimum atomic E-state index is -4.30. The van der Waals surface area contributed by atoms with Crippen LogP contribution in [0.4, 0.5) is 18.9 Å². The number of hydrogen-bond donors (Lipinski definition) is 0. The van der Waals surface area contributed by atoms with Crippen LogP contribution in [0.25, 0.3) is 0 Å². The lowest BCUT2D eigenvalue weighted by Crippen LogP contribution is -2.27. The van der Waals surface area contributed by atoms with Crippen LogP contribution in [0, 0.1) is 5.92 Å². The minimum absolute atomic E-state index is 0.330. The Kier molecular flexibility index (Phi) is 4.99. The van der Waals surface area contributed by atoms with Gasteiger partial charge in [-0.25, -0.2) is 0 Å². The van der Waals surface area contributed by atoms with E-state index in [2.05, 4.69) is 22.9 Å². The summed E-state index contributed by atoms with van der Waals surface area (Å²) in [6.07, 6.45) is -1.29. The van der Waals surface area contributed by atoms with Crippen molar-refractivity contribution in [1.82, 2.24) is 0 Å². The quantitative estimate of drug-likeness (QED) is 0.661. The molecule has 0 spiro atoms. The molecule has 1 nitrogen and oxygen atoms in total. The van der Waals surface area contributed by atoms with Crippen LogP contribution in [0.3, 0.4) is 0 Å². The molecule has 0 aliphatic carbocycles. The second-order valence-electron chi connectivity index (χ2n) is 5.51. The fourth-order valence-electron chi connectivity index (χ4n) is 2.67. The third kappa shape index (κ3) is 3.68. The van der Waals surface area contributed by atoms with E-state index in [1.807, 2.05) is 4.90 Å². The Labute approximate surface area is 126 Å². The number of halogens is 4. The zero-order valence-corrected chi connectivity index (χ0v) is 13.1. The molecule has 2 rings (SSSR count). The average molecular weight is 350 g/mol. The standard InChI is InChI=1S/C15H19BrF3N/c1-11-3-2-7-20(8-6-11)14-5-4-12(10-16)9-13(14)15(17,18)19/h4-5,9,11H,2-3,6-8,10H2,1H3. The molecule has 0 N–H and O–H groups in total. The van der Waals surface area contributed by atoms with Crippen LogP contribution in [-0.4, -0.2) is 13.1 Å². The average Bonchev–Trinajstić information content (AvgIpc) is 2.62. The highest BCUT2D eigenvalue weighted by atomic mass is 79.9. The van der Waals surface area contributed by atoms with Gasteiger partial charge in [0, 0.05) is 24.1 Å². The lowest BCUT2D eigenvalue weighted by molar-refractivity contribution is -0.137. The Balaban J connectivity index is 2.34. The molecule has 1 unspecified atom stereocenters. The summed E-state index contributed by atoms with van der Waals surface area (Å²) in [6.45, 7) is 3.58. The fourth-order valence-corrected chi connectivity index (χ4v) is 3.02. The molecular formula is C15H19BrF3N. The third-order valence-corrected chi connectivity index (χ3v) is 4.53. The van der Waals surface area contributed by atoms with Gasteiger partial charge in [0.1, 0.15) is 0 Å². The first kappa shape index (κ1) is 15.7. The van der Waals surface area contributed by atoms with E-state index in [4.69, 9.17) is 0 Å². The van der Waals surface area contributed by atoms with E-state index in [1.54, 1.807) is 12.1 Å². The number of rotatable bonds is 2. The van der Waals surface area contributed by atoms with Crippen molar-refractivity contribution in [2.24, 2.45) is 5.92 Å². The van der Waals surface area contributed by atoms with Crippen molar-refractivity contribution in [2.45, 2.75) is 37.7 Å². The van der Waals surface area contributed by atoms with Gasteiger partial charge in [-0.15, -0.1) is 0 Å². The van der Waals surface area contributed by atoms with Gasteiger partial charge < -0.3 is 4.90 Å². The van der Waals surface area contributed by atoms with Crippen LogP contribution in [0.2, 0.25) is 0 Å². The molecule has 1 atom stereocenters. The van der Waals surface area contributed by atoms with Crippen LogP contribution >= 0.6 is 15.9 Å². The molecular weight excluding hydrogens is 331 g/mol. The first-order valence-corrected chi connectivity index (χ1v) is 8.05. The van der Waals surface area contributed by atoms with Gasteiger partial charge in [-0.2, -0.15) is 13.2 Å². The van der Waals surface area contributed by atoms with E-state index in [-0.39, 0.29) is 0 Å². The Morgan fingerprint density at radius 3 is 2.65 bits per heavy atom. The van der Waals surface area contributed by atoms with Crippen LogP contribution in [-0.2, 0) is 11.5 Å². The predicted molar refractivity (Wildman–Crippen MR) is 79.3 cm³/mol. The molecule has 0 amide bonds. The Morgan fingerprint density at radius 2 is 2.00 bits per heavy atom. The largest absolute Gasteiger partial charge is 0.418 e. The molecule has 1 aromatic carbocycles.